The second kappa shape index (κ2) is 10.7. The smallest absolute Gasteiger partial charge is 0.254 e. The number of nitrogens with zero attached hydrogens (tertiary/aromatic N) is 4. The van der Waals surface area contributed by atoms with Crippen LogP contribution in [0.2, 0.25) is 0 Å². The van der Waals surface area contributed by atoms with Gasteiger partial charge in [-0.25, -0.2) is 9.97 Å². The largest absolute Gasteiger partial charge is 0.379 e. The highest BCUT2D eigenvalue weighted by Gasteiger charge is 2.28. The normalized spacial score (nSPS) is 19.5. The van der Waals surface area contributed by atoms with Crippen LogP contribution in [0.1, 0.15) is 46.2 Å². The first-order valence-electron chi connectivity index (χ1n) is 11.3. The van der Waals surface area contributed by atoms with Crippen molar-refractivity contribution in [1.82, 2.24) is 25.1 Å². The Hall–Kier alpha value is -2.84. The van der Waals surface area contributed by atoms with Crippen molar-refractivity contribution in [3.05, 3.63) is 59.2 Å². The molecule has 0 bridgehead atoms. The average Bonchev–Trinajstić information content (AvgIpc) is 2.84. The van der Waals surface area contributed by atoms with Crippen LogP contribution in [0, 0.1) is 6.92 Å². The lowest BCUT2D eigenvalue weighted by Crippen LogP contribution is -2.47. The molecule has 1 aromatic heterocycles. The SMILES string of the molecule is Cc1nc([C@H]2CCCN(C(=O)CN3CCOCC3)C2)ncc1C(=O)NCc1ccccc1. The lowest BCUT2D eigenvalue weighted by molar-refractivity contribution is -0.134. The molecule has 1 aromatic carbocycles. The highest BCUT2D eigenvalue weighted by Crippen LogP contribution is 2.25. The standard InChI is InChI=1S/C24H31N5O3/c1-18-21(24(31)26-14-19-6-3-2-4-7-19)15-25-23(27-18)20-8-5-9-29(16-20)22(30)17-28-10-12-32-13-11-28/h2-4,6-7,15,20H,5,8-14,16-17H2,1H3,(H,26,31)/t20-/m0/s1. The molecule has 0 saturated carbocycles. The molecule has 2 saturated heterocycles. The van der Waals surface area contributed by atoms with Crippen LogP contribution in [-0.2, 0) is 16.1 Å². The zero-order chi connectivity index (χ0) is 22.3. The Morgan fingerprint density at radius 3 is 2.69 bits per heavy atom. The Bertz CT molecular complexity index is 930. The Morgan fingerprint density at radius 2 is 1.94 bits per heavy atom. The Balaban J connectivity index is 1.35. The first-order valence-corrected chi connectivity index (χ1v) is 11.3. The van der Waals surface area contributed by atoms with E-state index in [-0.39, 0.29) is 17.7 Å². The molecular weight excluding hydrogens is 406 g/mol. The number of ether oxygens (including phenoxy) is 1. The summed E-state index contributed by atoms with van der Waals surface area (Å²) in [6.45, 7) is 7.13. The van der Waals surface area contributed by atoms with E-state index >= 15 is 0 Å². The van der Waals surface area contributed by atoms with E-state index in [1.54, 1.807) is 6.20 Å². The lowest BCUT2D eigenvalue weighted by Gasteiger charge is -2.34. The maximum absolute atomic E-state index is 12.8. The molecular formula is C24H31N5O3. The third-order valence-corrected chi connectivity index (χ3v) is 6.14. The van der Waals surface area contributed by atoms with Gasteiger partial charge < -0.3 is 15.0 Å². The maximum atomic E-state index is 12.8. The van der Waals surface area contributed by atoms with E-state index in [4.69, 9.17) is 4.74 Å². The summed E-state index contributed by atoms with van der Waals surface area (Å²) in [7, 11) is 0. The first-order chi connectivity index (χ1) is 15.6. The van der Waals surface area contributed by atoms with Crippen LogP contribution in [-0.4, -0.2) is 77.5 Å². The van der Waals surface area contributed by atoms with Gasteiger partial charge in [-0.1, -0.05) is 30.3 Å². The van der Waals surface area contributed by atoms with E-state index < -0.39 is 0 Å². The molecule has 32 heavy (non-hydrogen) atoms. The van der Waals surface area contributed by atoms with Crippen LogP contribution in [0.5, 0.6) is 0 Å². The van der Waals surface area contributed by atoms with E-state index in [9.17, 15) is 9.59 Å². The summed E-state index contributed by atoms with van der Waals surface area (Å²) in [5.74, 6) is 0.789. The molecule has 2 aliphatic rings. The number of hydrogen-bond donors (Lipinski definition) is 1. The summed E-state index contributed by atoms with van der Waals surface area (Å²) in [4.78, 5) is 38.6. The molecule has 0 radical (unpaired) electrons. The van der Waals surface area contributed by atoms with E-state index in [1.165, 1.54) is 0 Å². The summed E-state index contributed by atoms with van der Waals surface area (Å²) < 4.78 is 5.37. The number of aryl methyl sites for hydroxylation is 1. The number of amides is 2. The minimum Gasteiger partial charge on any atom is -0.379 e. The fourth-order valence-corrected chi connectivity index (χ4v) is 4.24. The van der Waals surface area contributed by atoms with Crippen molar-refractivity contribution in [3.8, 4) is 0 Å². The van der Waals surface area contributed by atoms with Crippen molar-refractivity contribution >= 4 is 11.8 Å². The number of likely N-dealkylation sites (tertiary alicyclic amines) is 1. The van der Waals surface area contributed by atoms with Crippen molar-refractivity contribution in [1.29, 1.82) is 0 Å². The van der Waals surface area contributed by atoms with Gasteiger partial charge in [0.15, 0.2) is 0 Å². The van der Waals surface area contributed by atoms with Gasteiger partial charge in [0.25, 0.3) is 5.91 Å². The number of rotatable bonds is 6. The van der Waals surface area contributed by atoms with Crippen molar-refractivity contribution in [3.63, 3.8) is 0 Å². The highest BCUT2D eigenvalue weighted by atomic mass is 16.5. The molecule has 170 valence electrons. The number of nitrogens with one attached hydrogen (secondary N) is 1. The third kappa shape index (κ3) is 5.69. The fraction of sp³-hybridized carbons (Fsp3) is 0.500. The van der Waals surface area contributed by atoms with Gasteiger partial charge in [-0.3, -0.25) is 14.5 Å². The molecule has 8 heteroatoms. The van der Waals surface area contributed by atoms with Crippen LogP contribution in [0.3, 0.4) is 0 Å². The lowest BCUT2D eigenvalue weighted by atomic mass is 9.96. The van der Waals surface area contributed by atoms with Crippen LogP contribution in [0.15, 0.2) is 36.5 Å². The predicted molar refractivity (Wildman–Crippen MR) is 120 cm³/mol. The molecule has 0 spiro atoms. The number of carbonyl (C=O) groups is 2. The van der Waals surface area contributed by atoms with Crippen LogP contribution in [0.4, 0.5) is 0 Å². The molecule has 2 fully saturated rings. The molecule has 2 aliphatic heterocycles. The molecule has 3 heterocycles. The highest BCUT2D eigenvalue weighted by molar-refractivity contribution is 5.94. The van der Waals surface area contributed by atoms with E-state index in [2.05, 4.69) is 20.2 Å². The summed E-state index contributed by atoms with van der Waals surface area (Å²) >= 11 is 0. The van der Waals surface area contributed by atoms with E-state index in [0.717, 1.165) is 38.0 Å². The molecule has 0 unspecified atom stereocenters. The molecule has 2 amide bonds. The van der Waals surface area contributed by atoms with Gasteiger partial charge in [0.05, 0.1) is 31.0 Å². The van der Waals surface area contributed by atoms with Crippen molar-refractivity contribution in [2.24, 2.45) is 0 Å². The minimum atomic E-state index is -0.177. The van der Waals surface area contributed by atoms with Crippen LogP contribution in [0.25, 0.3) is 0 Å². The summed E-state index contributed by atoms with van der Waals surface area (Å²) in [6, 6.07) is 9.79. The van der Waals surface area contributed by atoms with Gasteiger partial charge in [0, 0.05) is 44.8 Å². The number of benzene rings is 1. The zero-order valence-electron chi connectivity index (χ0n) is 18.6. The summed E-state index contributed by atoms with van der Waals surface area (Å²) in [6.07, 6.45) is 3.49. The molecule has 4 rings (SSSR count). The van der Waals surface area contributed by atoms with Crippen molar-refractivity contribution < 1.29 is 14.3 Å². The Kier molecular flexibility index (Phi) is 7.44. The third-order valence-electron chi connectivity index (χ3n) is 6.14. The molecule has 0 aliphatic carbocycles. The van der Waals surface area contributed by atoms with Crippen LogP contribution >= 0.6 is 0 Å². The molecule has 1 atom stereocenters. The Labute approximate surface area is 189 Å². The van der Waals surface area contributed by atoms with E-state index in [1.807, 2.05) is 42.2 Å². The minimum absolute atomic E-state index is 0.0949. The number of morpholine rings is 1. The van der Waals surface area contributed by atoms with Gasteiger partial charge in [-0.05, 0) is 25.3 Å². The fourth-order valence-electron chi connectivity index (χ4n) is 4.24. The predicted octanol–water partition coefficient (Wildman–Crippen LogP) is 1.75. The Morgan fingerprint density at radius 1 is 1.16 bits per heavy atom. The summed E-state index contributed by atoms with van der Waals surface area (Å²) in [5.41, 5.74) is 2.19. The topological polar surface area (TPSA) is 87.7 Å². The van der Waals surface area contributed by atoms with Gasteiger partial charge in [0.2, 0.25) is 5.91 Å². The van der Waals surface area contributed by atoms with Crippen molar-refractivity contribution in [2.75, 3.05) is 45.9 Å². The van der Waals surface area contributed by atoms with Crippen molar-refractivity contribution in [2.45, 2.75) is 32.2 Å². The summed E-state index contributed by atoms with van der Waals surface area (Å²) in [5, 5.41) is 2.93. The molecule has 8 nitrogen and oxygen atoms in total. The number of aromatic nitrogens is 2. The number of piperidine rings is 1. The molecule has 1 N–H and O–H groups in total. The average molecular weight is 438 g/mol. The second-order valence-electron chi connectivity index (χ2n) is 8.46. The molecule has 2 aromatic rings. The first kappa shape index (κ1) is 22.4. The zero-order valence-corrected chi connectivity index (χ0v) is 18.6. The number of hydrogen-bond acceptors (Lipinski definition) is 6. The van der Waals surface area contributed by atoms with Gasteiger partial charge in [-0.15, -0.1) is 0 Å². The van der Waals surface area contributed by atoms with E-state index in [0.29, 0.717) is 49.9 Å². The monoisotopic (exact) mass is 437 g/mol. The maximum Gasteiger partial charge on any atom is 0.254 e. The van der Waals surface area contributed by atoms with Gasteiger partial charge >= 0.3 is 0 Å². The quantitative estimate of drug-likeness (QED) is 0.741. The van der Waals surface area contributed by atoms with Gasteiger partial charge in [0.1, 0.15) is 5.82 Å². The van der Waals surface area contributed by atoms with Gasteiger partial charge in [-0.2, -0.15) is 0 Å². The second-order valence-corrected chi connectivity index (χ2v) is 8.46. The number of carbonyl (C=O) groups excluding carboxylic acids is 2. The van der Waals surface area contributed by atoms with Crippen LogP contribution < -0.4 is 5.32 Å².